The number of ether oxygens (including phenoxy) is 1. The quantitative estimate of drug-likeness (QED) is 0.252. The highest BCUT2D eigenvalue weighted by Crippen LogP contribution is 2.35. The summed E-state index contributed by atoms with van der Waals surface area (Å²) in [5.41, 5.74) is 0.641. The molecule has 1 aliphatic rings. The van der Waals surface area contributed by atoms with Gasteiger partial charge in [-0.3, -0.25) is 0 Å². The minimum absolute atomic E-state index is 0.284. The van der Waals surface area contributed by atoms with Crippen molar-refractivity contribution in [3.8, 4) is 5.75 Å². The van der Waals surface area contributed by atoms with Gasteiger partial charge in [0.25, 0.3) is 0 Å². The van der Waals surface area contributed by atoms with Crippen molar-refractivity contribution in [3.63, 3.8) is 0 Å². The third kappa shape index (κ3) is 5.57. The van der Waals surface area contributed by atoms with E-state index in [1.165, 1.54) is 18.2 Å². The molecule has 6 nitrogen and oxygen atoms in total. The SMILES string of the molecule is O=c1ccc2c(OCCCN3CCC(NCc4cccc(C(F)(F)F)c4)CC3)c3ccoc3cc2o1. The molecule has 0 unspecified atom stereocenters. The number of rotatable bonds is 8. The van der Waals surface area contributed by atoms with E-state index in [0.717, 1.165) is 55.7 Å². The molecule has 1 aliphatic heterocycles. The Hall–Kier alpha value is -3.30. The van der Waals surface area contributed by atoms with Gasteiger partial charge in [-0.2, -0.15) is 13.2 Å². The lowest BCUT2D eigenvalue weighted by Gasteiger charge is -2.32. The van der Waals surface area contributed by atoms with E-state index in [1.807, 2.05) is 6.07 Å². The van der Waals surface area contributed by atoms with Crippen molar-refractivity contribution in [2.75, 3.05) is 26.2 Å². The largest absolute Gasteiger partial charge is 0.492 e. The summed E-state index contributed by atoms with van der Waals surface area (Å²) in [6, 6.07) is 12.4. The second-order valence-corrected chi connectivity index (χ2v) is 9.10. The van der Waals surface area contributed by atoms with Gasteiger partial charge in [-0.15, -0.1) is 0 Å². The van der Waals surface area contributed by atoms with Crippen LogP contribution in [0.4, 0.5) is 13.2 Å². The molecular formula is C27H27F3N2O4. The summed E-state index contributed by atoms with van der Waals surface area (Å²) in [5.74, 6) is 0.650. The highest BCUT2D eigenvalue weighted by molar-refractivity contribution is 6.01. The zero-order chi connectivity index (χ0) is 25.1. The second-order valence-electron chi connectivity index (χ2n) is 9.10. The van der Waals surface area contributed by atoms with Gasteiger partial charge in [0.15, 0.2) is 0 Å². The van der Waals surface area contributed by atoms with Crippen LogP contribution in [0.5, 0.6) is 5.75 Å². The van der Waals surface area contributed by atoms with Crippen molar-refractivity contribution in [2.45, 2.75) is 38.0 Å². The molecule has 0 spiro atoms. The Balaban J connectivity index is 1.08. The average Bonchev–Trinajstić information content (AvgIpc) is 3.33. The fraction of sp³-hybridized carbons (Fsp3) is 0.370. The summed E-state index contributed by atoms with van der Waals surface area (Å²) in [6.07, 6.45) is -0.0246. The van der Waals surface area contributed by atoms with Crippen LogP contribution in [-0.2, 0) is 12.7 Å². The number of piperidine rings is 1. The fourth-order valence-electron chi connectivity index (χ4n) is 4.71. The van der Waals surface area contributed by atoms with E-state index in [0.29, 0.717) is 35.6 Å². The summed E-state index contributed by atoms with van der Waals surface area (Å²) >= 11 is 0. The first-order valence-electron chi connectivity index (χ1n) is 12.1. The van der Waals surface area contributed by atoms with Crippen molar-refractivity contribution < 1.29 is 26.7 Å². The Morgan fingerprint density at radius 3 is 2.64 bits per heavy atom. The van der Waals surface area contributed by atoms with Crippen LogP contribution in [0, 0.1) is 0 Å². The van der Waals surface area contributed by atoms with Crippen LogP contribution in [0.2, 0.25) is 0 Å². The maximum atomic E-state index is 12.9. The lowest BCUT2D eigenvalue weighted by Crippen LogP contribution is -2.42. The molecule has 0 atom stereocenters. The number of hydrogen-bond donors (Lipinski definition) is 1. The summed E-state index contributed by atoms with van der Waals surface area (Å²) in [4.78, 5) is 14.0. The van der Waals surface area contributed by atoms with Crippen LogP contribution in [0.25, 0.3) is 21.9 Å². The molecule has 5 rings (SSSR count). The van der Waals surface area contributed by atoms with E-state index in [4.69, 9.17) is 13.6 Å². The summed E-state index contributed by atoms with van der Waals surface area (Å²) in [6.45, 7) is 3.66. The summed E-state index contributed by atoms with van der Waals surface area (Å²) < 4.78 is 55.6. The Kier molecular flexibility index (Phi) is 7.02. The van der Waals surface area contributed by atoms with Gasteiger partial charge in [0.1, 0.15) is 16.9 Å². The van der Waals surface area contributed by atoms with Crippen LogP contribution in [0.3, 0.4) is 0 Å². The first kappa shape index (κ1) is 24.4. The lowest BCUT2D eigenvalue weighted by atomic mass is 10.0. The highest BCUT2D eigenvalue weighted by Gasteiger charge is 2.30. The molecule has 190 valence electrons. The zero-order valence-electron chi connectivity index (χ0n) is 19.6. The monoisotopic (exact) mass is 500 g/mol. The van der Waals surface area contributed by atoms with Crippen molar-refractivity contribution in [2.24, 2.45) is 0 Å². The minimum atomic E-state index is -4.32. The normalized spacial score (nSPS) is 15.6. The van der Waals surface area contributed by atoms with Gasteiger partial charge in [0, 0.05) is 31.3 Å². The van der Waals surface area contributed by atoms with Gasteiger partial charge in [0.2, 0.25) is 0 Å². The zero-order valence-corrected chi connectivity index (χ0v) is 19.6. The maximum Gasteiger partial charge on any atom is 0.416 e. The Labute approximate surface area is 205 Å². The second kappa shape index (κ2) is 10.4. The smallest absolute Gasteiger partial charge is 0.416 e. The molecule has 0 bridgehead atoms. The van der Waals surface area contributed by atoms with Crippen LogP contribution >= 0.6 is 0 Å². The molecule has 4 aromatic rings. The van der Waals surface area contributed by atoms with Crippen molar-refractivity contribution in [3.05, 3.63) is 76.3 Å². The third-order valence-electron chi connectivity index (χ3n) is 6.61. The first-order valence-corrected chi connectivity index (χ1v) is 12.1. The van der Waals surface area contributed by atoms with E-state index in [9.17, 15) is 18.0 Å². The number of furan rings is 1. The van der Waals surface area contributed by atoms with Gasteiger partial charge < -0.3 is 23.8 Å². The van der Waals surface area contributed by atoms with Crippen molar-refractivity contribution in [1.82, 2.24) is 10.2 Å². The van der Waals surface area contributed by atoms with Crippen LogP contribution in [-0.4, -0.2) is 37.2 Å². The predicted molar refractivity (Wildman–Crippen MR) is 130 cm³/mol. The standard InChI is InChI=1S/C27H27F3N2O4/c28-27(29,30)19-4-1-3-18(15-19)17-31-20-7-11-32(12-8-20)10-2-13-35-26-21-5-6-25(33)36-24(21)16-23-22(26)9-14-34-23/h1,3-6,9,14-16,20,31H,2,7-8,10-13,17H2. The minimum Gasteiger partial charge on any atom is -0.492 e. The number of hydrogen-bond acceptors (Lipinski definition) is 6. The van der Waals surface area contributed by atoms with Gasteiger partial charge in [0.05, 0.1) is 29.2 Å². The molecule has 0 saturated carbocycles. The molecule has 1 N–H and O–H groups in total. The molecule has 2 aromatic heterocycles. The number of benzene rings is 2. The van der Waals surface area contributed by atoms with Crippen LogP contribution in [0.1, 0.15) is 30.4 Å². The number of fused-ring (bicyclic) bond motifs is 2. The maximum absolute atomic E-state index is 12.9. The first-order chi connectivity index (χ1) is 17.4. The fourth-order valence-corrected chi connectivity index (χ4v) is 4.71. The molecule has 1 fully saturated rings. The van der Waals surface area contributed by atoms with E-state index < -0.39 is 17.4 Å². The van der Waals surface area contributed by atoms with Crippen LogP contribution < -0.4 is 15.7 Å². The van der Waals surface area contributed by atoms with Crippen LogP contribution in [0.15, 0.2) is 68.4 Å². The van der Waals surface area contributed by atoms with Gasteiger partial charge in [-0.25, -0.2) is 4.79 Å². The predicted octanol–water partition coefficient (Wildman–Crippen LogP) is 5.58. The number of nitrogens with zero attached hydrogens (tertiary/aromatic N) is 1. The number of nitrogens with one attached hydrogen (secondary N) is 1. The van der Waals surface area contributed by atoms with Crippen molar-refractivity contribution in [1.29, 1.82) is 0 Å². The molecule has 2 aromatic carbocycles. The van der Waals surface area contributed by atoms with E-state index >= 15 is 0 Å². The average molecular weight is 501 g/mol. The van der Waals surface area contributed by atoms with E-state index in [-0.39, 0.29) is 6.04 Å². The Morgan fingerprint density at radius 1 is 1.03 bits per heavy atom. The summed E-state index contributed by atoms with van der Waals surface area (Å²) in [7, 11) is 0. The molecule has 0 amide bonds. The van der Waals surface area contributed by atoms with Crippen molar-refractivity contribution >= 4 is 21.9 Å². The topological polar surface area (TPSA) is 67.8 Å². The Bertz CT molecular complexity index is 1390. The number of likely N-dealkylation sites (tertiary alicyclic amines) is 1. The molecule has 36 heavy (non-hydrogen) atoms. The molecular weight excluding hydrogens is 473 g/mol. The molecule has 3 heterocycles. The molecule has 0 radical (unpaired) electrons. The number of halogens is 3. The Morgan fingerprint density at radius 2 is 1.83 bits per heavy atom. The molecule has 9 heteroatoms. The van der Waals surface area contributed by atoms with E-state index in [2.05, 4.69) is 10.2 Å². The highest BCUT2D eigenvalue weighted by atomic mass is 19.4. The molecule has 1 saturated heterocycles. The third-order valence-corrected chi connectivity index (χ3v) is 6.61. The van der Waals surface area contributed by atoms with Gasteiger partial charge >= 0.3 is 11.8 Å². The number of alkyl halides is 3. The lowest BCUT2D eigenvalue weighted by molar-refractivity contribution is -0.137. The summed E-state index contributed by atoms with van der Waals surface area (Å²) in [5, 5.41) is 4.97. The van der Waals surface area contributed by atoms with Gasteiger partial charge in [-0.1, -0.05) is 18.2 Å². The van der Waals surface area contributed by atoms with Gasteiger partial charge in [-0.05, 0) is 56.1 Å². The molecule has 0 aliphatic carbocycles. The van der Waals surface area contributed by atoms with E-state index in [1.54, 1.807) is 24.5 Å².